The molecule has 4 N–H and O–H groups in total. The Labute approximate surface area is 135 Å². The number of carbonyl (C=O) groups excluding carboxylic acids is 1. The van der Waals surface area contributed by atoms with Gasteiger partial charge in [0.2, 0.25) is 5.91 Å². The molecule has 4 rings (SSSR count). The highest BCUT2D eigenvalue weighted by molar-refractivity contribution is 6.10. The van der Waals surface area contributed by atoms with E-state index in [4.69, 9.17) is 4.74 Å². The second-order valence-corrected chi connectivity index (χ2v) is 5.95. The average molecular weight is 333 g/mol. The topological polar surface area (TPSA) is 143 Å². The van der Waals surface area contributed by atoms with Crippen LogP contribution in [0, 0.1) is 0 Å². The highest BCUT2D eigenvalue weighted by atomic mass is 16.6. The number of carbonyl (C=O) groups is 1. The molecule has 2 aromatic heterocycles. The molecule has 4 atom stereocenters. The van der Waals surface area contributed by atoms with Gasteiger partial charge in [-0.1, -0.05) is 0 Å². The van der Waals surface area contributed by atoms with Crippen LogP contribution in [0.2, 0.25) is 0 Å². The summed E-state index contributed by atoms with van der Waals surface area (Å²) in [7, 11) is 0. The van der Waals surface area contributed by atoms with Crippen LogP contribution in [0.5, 0.6) is 0 Å². The standard InChI is InChI=1S/C14H15N5O5/c1-14(23)10(22)7(4-20)24-13(14)19-12-9-6(18-19)2-3-8(21)17-11(9)15-5-16-12/h2-3,5,7,10,13,20,22-23H,4H2,1H3,(H,15,16,17,21)/t7-,10-,13?,14-/m1/s1. The number of rotatable bonds is 2. The van der Waals surface area contributed by atoms with Gasteiger partial charge in [-0.05, 0) is 13.0 Å². The molecule has 0 aromatic carbocycles. The highest BCUT2D eigenvalue weighted by Crippen LogP contribution is 2.40. The number of amides is 1. The Morgan fingerprint density at radius 2 is 2.21 bits per heavy atom. The number of nitrogens with zero attached hydrogens (tertiary/aromatic N) is 4. The predicted octanol–water partition coefficient (Wildman–Crippen LogP) is -1.21. The first kappa shape index (κ1) is 15.1. The second kappa shape index (κ2) is 5.05. The van der Waals surface area contributed by atoms with E-state index >= 15 is 0 Å². The van der Waals surface area contributed by atoms with Crippen LogP contribution < -0.4 is 5.32 Å². The van der Waals surface area contributed by atoms with Crippen molar-refractivity contribution in [2.24, 2.45) is 0 Å². The molecule has 1 saturated heterocycles. The number of aliphatic hydroxyl groups excluding tert-OH is 2. The van der Waals surface area contributed by atoms with Crippen LogP contribution in [-0.2, 0) is 9.53 Å². The lowest BCUT2D eigenvalue weighted by molar-refractivity contribution is -0.111. The summed E-state index contributed by atoms with van der Waals surface area (Å²) in [4.78, 5) is 19.8. The first-order valence-corrected chi connectivity index (χ1v) is 7.32. The van der Waals surface area contributed by atoms with Crippen molar-refractivity contribution in [2.75, 3.05) is 11.9 Å². The molecule has 0 bridgehead atoms. The molecule has 2 aliphatic rings. The zero-order chi connectivity index (χ0) is 17.1. The Morgan fingerprint density at radius 3 is 2.92 bits per heavy atom. The Hall–Kier alpha value is -2.40. The highest BCUT2D eigenvalue weighted by Gasteiger charge is 2.53. The van der Waals surface area contributed by atoms with Crippen LogP contribution in [0.3, 0.4) is 0 Å². The zero-order valence-corrected chi connectivity index (χ0v) is 12.6. The summed E-state index contributed by atoms with van der Waals surface area (Å²) < 4.78 is 6.91. The van der Waals surface area contributed by atoms with Gasteiger partial charge >= 0.3 is 0 Å². The smallest absolute Gasteiger partial charge is 0.249 e. The van der Waals surface area contributed by atoms with Crippen LogP contribution in [0.4, 0.5) is 5.82 Å². The van der Waals surface area contributed by atoms with E-state index in [0.717, 1.165) is 0 Å². The summed E-state index contributed by atoms with van der Waals surface area (Å²) in [6.45, 7) is 0.951. The minimum Gasteiger partial charge on any atom is -0.394 e. The van der Waals surface area contributed by atoms with E-state index in [1.165, 1.54) is 30.1 Å². The Morgan fingerprint density at radius 1 is 1.42 bits per heavy atom. The lowest BCUT2D eigenvalue weighted by Gasteiger charge is -2.26. The third-order valence-corrected chi connectivity index (χ3v) is 4.31. The van der Waals surface area contributed by atoms with Crippen LogP contribution in [-0.4, -0.2) is 65.4 Å². The van der Waals surface area contributed by atoms with Crippen molar-refractivity contribution in [3.05, 3.63) is 18.1 Å². The van der Waals surface area contributed by atoms with Gasteiger partial charge in [-0.3, -0.25) is 4.79 Å². The van der Waals surface area contributed by atoms with Gasteiger partial charge in [0.05, 0.1) is 17.7 Å². The molecular formula is C14H15N5O5. The predicted molar refractivity (Wildman–Crippen MR) is 80.6 cm³/mol. The second-order valence-electron chi connectivity index (χ2n) is 5.95. The van der Waals surface area contributed by atoms with Crippen molar-refractivity contribution in [1.82, 2.24) is 19.7 Å². The normalized spacial score (nSPS) is 32.2. The molecule has 1 amide bonds. The molecule has 1 unspecified atom stereocenters. The number of hydrogen-bond donors (Lipinski definition) is 4. The van der Waals surface area contributed by atoms with Gasteiger partial charge in [-0.15, -0.1) is 0 Å². The molecule has 4 heterocycles. The first-order chi connectivity index (χ1) is 11.4. The third-order valence-electron chi connectivity index (χ3n) is 4.31. The molecule has 1 fully saturated rings. The maximum absolute atomic E-state index is 11.6. The summed E-state index contributed by atoms with van der Waals surface area (Å²) in [6, 6.07) is 0. The van der Waals surface area contributed by atoms with E-state index < -0.39 is 30.6 Å². The molecule has 0 spiro atoms. The number of aromatic nitrogens is 4. The molecule has 0 aliphatic carbocycles. The van der Waals surface area contributed by atoms with Crippen molar-refractivity contribution in [3.8, 4) is 0 Å². The van der Waals surface area contributed by atoms with Gasteiger partial charge in [0, 0.05) is 6.08 Å². The summed E-state index contributed by atoms with van der Waals surface area (Å²) in [6.07, 6.45) is 0.781. The van der Waals surface area contributed by atoms with Gasteiger partial charge in [0.25, 0.3) is 0 Å². The Bertz CT molecular complexity index is 861. The number of ether oxygens (including phenoxy) is 1. The first-order valence-electron chi connectivity index (χ1n) is 7.32. The van der Waals surface area contributed by atoms with Gasteiger partial charge < -0.3 is 25.4 Å². The maximum atomic E-state index is 11.6. The lowest BCUT2D eigenvalue weighted by atomic mass is 9.97. The monoisotopic (exact) mass is 333 g/mol. The van der Waals surface area contributed by atoms with Crippen LogP contribution in [0.15, 0.2) is 12.4 Å². The molecule has 24 heavy (non-hydrogen) atoms. The van der Waals surface area contributed by atoms with Gasteiger partial charge in [0.1, 0.15) is 30.0 Å². The Kier molecular flexibility index (Phi) is 3.18. The van der Waals surface area contributed by atoms with Gasteiger partial charge in [0.15, 0.2) is 11.9 Å². The minimum atomic E-state index is -1.69. The summed E-state index contributed by atoms with van der Waals surface area (Å²) in [5.74, 6) is -0.0347. The number of aliphatic hydroxyl groups is 3. The van der Waals surface area contributed by atoms with E-state index in [-0.39, 0.29) is 5.91 Å². The van der Waals surface area contributed by atoms with Crippen molar-refractivity contribution >= 4 is 28.8 Å². The van der Waals surface area contributed by atoms with Crippen molar-refractivity contribution in [3.63, 3.8) is 0 Å². The van der Waals surface area contributed by atoms with Crippen molar-refractivity contribution in [2.45, 2.75) is 31.0 Å². The van der Waals surface area contributed by atoms with Gasteiger partial charge in [-0.2, -0.15) is 5.10 Å². The number of anilines is 1. The lowest BCUT2D eigenvalue weighted by Crippen LogP contribution is -2.44. The van der Waals surface area contributed by atoms with Crippen molar-refractivity contribution < 1.29 is 24.9 Å². The van der Waals surface area contributed by atoms with E-state index in [0.29, 0.717) is 22.5 Å². The zero-order valence-electron chi connectivity index (χ0n) is 12.6. The molecule has 0 radical (unpaired) electrons. The van der Waals surface area contributed by atoms with Crippen LogP contribution in [0.1, 0.15) is 18.8 Å². The molecule has 10 nitrogen and oxygen atoms in total. The Balaban J connectivity index is 1.90. The van der Waals surface area contributed by atoms with Crippen LogP contribution in [0.25, 0.3) is 17.1 Å². The number of nitrogens with one attached hydrogen (secondary N) is 1. The number of hydrogen-bond acceptors (Lipinski definition) is 8. The molecule has 2 aliphatic heterocycles. The fourth-order valence-corrected chi connectivity index (χ4v) is 3.04. The van der Waals surface area contributed by atoms with Crippen LogP contribution >= 0.6 is 0 Å². The quantitative estimate of drug-likeness (QED) is 0.536. The van der Waals surface area contributed by atoms with Crippen molar-refractivity contribution in [1.29, 1.82) is 0 Å². The molecule has 10 heteroatoms. The summed E-state index contributed by atoms with van der Waals surface area (Å²) >= 11 is 0. The average Bonchev–Trinajstić information content (AvgIpc) is 2.95. The third kappa shape index (κ3) is 1.97. The largest absolute Gasteiger partial charge is 0.394 e. The van der Waals surface area contributed by atoms with E-state index in [1.807, 2.05) is 0 Å². The SMILES string of the molecule is C[C@]1(O)C(n2nc3c4c(ncnc42)NC(=O)C=C3)O[C@H](CO)[C@H]1O. The maximum Gasteiger partial charge on any atom is 0.249 e. The minimum absolute atomic E-state index is 0.299. The summed E-state index contributed by atoms with van der Waals surface area (Å²) in [5.41, 5.74) is -0.926. The molecular weight excluding hydrogens is 318 g/mol. The van der Waals surface area contributed by atoms with E-state index in [1.54, 1.807) is 0 Å². The fourth-order valence-electron chi connectivity index (χ4n) is 3.04. The molecule has 0 saturated carbocycles. The summed E-state index contributed by atoms with van der Waals surface area (Å²) in [5, 5.41) is 37.6. The molecule has 2 aromatic rings. The van der Waals surface area contributed by atoms with E-state index in [9.17, 15) is 20.1 Å². The molecule has 126 valence electrons. The van der Waals surface area contributed by atoms with E-state index in [2.05, 4.69) is 20.4 Å². The fraction of sp³-hybridized carbons (Fsp3) is 0.429. The van der Waals surface area contributed by atoms with Gasteiger partial charge in [-0.25, -0.2) is 14.6 Å².